The molecule has 0 atom stereocenters. The van der Waals surface area contributed by atoms with Crippen molar-refractivity contribution in [3.05, 3.63) is 11.1 Å². The van der Waals surface area contributed by atoms with Crippen LogP contribution in [0, 0.1) is 5.92 Å². The van der Waals surface area contributed by atoms with Crippen LogP contribution < -0.4 is 0 Å². The quantitative estimate of drug-likeness (QED) is 0.607. The van der Waals surface area contributed by atoms with Crippen LogP contribution in [0.3, 0.4) is 0 Å². The van der Waals surface area contributed by atoms with E-state index in [0.29, 0.717) is 0 Å². The topological polar surface area (TPSA) is 37.3 Å². The van der Waals surface area contributed by atoms with Gasteiger partial charge in [0.2, 0.25) is 0 Å². The lowest BCUT2D eigenvalue weighted by Gasteiger charge is -2.01. The van der Waals surface area contributed by atoms with Crippen molar-refractivity contribution in [2.75, 3.05) is 0 Å². The number of rotatable bonds is 2. The second-order valence-corrected chi connectivity index (χ2v) is 2.24. The predicted octanol–water partition coefficient (Wildman–Crippen LogP) is 1.85. The van der Waals surface area contributed by atoms with Crippen LogP contribution in [0.2, 0.25) is 0 Å². The standard InChI is InChI=1S/C6H9ClO2/c1-4(2)5(3-7)6(8)9/h3-4H,1-2H3,(H,8,9). The SMILES string of the molecule is CC(C)C(=CCl)C(=O)O. The Labute approximate surface area is 59.1 Å². The van der Waals surface area contributed by atoms with Crippen molar-refractivity contribution in [3.8, 4) is 0 Å². The fourth-order valence-corrected chi connectivity index (χ4v) is 0.765. The minimum absolute atomic E-state index is 0.0139. The van der Waals surface area contributed by atoms with E-state index in [2.05, 4.69) is 0 Å². The normalized spacial score (nSPS) is 12.2. The van der Waals surface area contributed by atoms with E-state index in [4.69, 9.17) is 16.7 Å². The number of carbonyl (C=O) groups is 1. The molecule has 0 aromatic carbocycles. The van der Waals surface area contributed by atoms with Gasteiger partial charge in [0, 0.05) is 5.54 Å². The zero-order valence-corrected chi connectivity index (χ0v) is 6.14. The van der Waals surface area contributed by atoms with Gasteiger partial charge in [-0.3, -0.25) is 0 Å². The summed E-state index contributed by atoms with van der Waals surface area (Å²) in [6.07, 6.45) is 0. The molecule has 0 radical (unpaired) electrons. The Bertz CT molecular complexity index is 138. The van der Waals surface area contributed by atoms with E-state index in [1.54, 1.807) is 13.8 Å². The molecule has 0 rings (SSSR count). The third kappa shape index (κ3) is 2.51. The van der Waals surface area contributed by atoms with Gasteiger partial charge < -0.3 is 5.11 Å². The van der Waals surface area contributed by atoms with Gasteiger partial charge in [-0.15, -0.1) is 0 Å². The molecule has 9 heavy (non-hydrogen) atoms. The van der Waals surface area contributed by atoms with Crippen LogP contribution >= 0.6 is 11.6 Å². The first kappa shape index (κ1) is 8.50. The Morgan fingerprint density at radius 2 is 2.11 bits per heavy atom. The second kappa shape index (κ2) is 3.51. The van der Waals surface area contributed by atoms with Gasteiger partial charge in [0.15, 0.2) is 0 Å². The summed E-state index contributed by atoms with van der Waals surface area (Å²) in [6, 6.07) is 0. The fourth-order valence-electron chi connectivity index (χ4n) is 0.420. The van der Waals surface area contributed by atoms with Gasteiger partial charge in [0.25, 0.3) is 0 Å². The number of hydrogen-bond acceptors (Lipinski definition) is 1. The Morgan fingerprint density at radius 1 is 1.67 bits per heavy atom. The zero-order chi connectivity index (χ0) is 7.44. The lowest BCUT2D eigenvalue weighted by atomic mass is 10.1. The monoisotopic (exact) mass is 148 g/mol. The molecule has 52 valence electrons. The van der Waals surface area contributed by atoms with Crippen molar-refractivity contribution in [2.24, 2.45) is 5.92 Å². The highest BCUT2D eigenvalue weighted by Gasteiger charge is 2.09. The van der Waals surface area contributed by atoms with E-state index >= 15 is 0 Å². The molecule has 0 saturated carbocycles. The van der Waals surface area contributed by atoms with Gasteiger partial charge in [-0.05, 0) is 5.92 Å². The average molecular weight is 149 g/mol. The van der Waals surface area contributed by atoms with Crippen LogP contribution in [0.25, 0.3) is 0 Å². The molecule has 0 unspecified atom stereocenters. The van der Waals surface area contributed by atoms with Crippen LogP contribution in [-0.4, -0.2) is 11.1 Å². The van der Waals surface area contributed by atoms with E-state index in [1.165, 1.54) is 0 Å². The third-order valence-corrected chi connectivity index (χ3v) is 1.22. The Hall–Kier alpha value is -0.500. The summed E-state index contributed by atoms with van der Waals surface area (Å²) < 4.78 is 0. The van der Waals surface area contributed by atoms with Crippen molar-refractivity contribution in [2.45, 2.75) is 13.8 Å². The van der Waals surface area contributed by atoms with E-state index < -0.39 is 5.97 Å². The van der Waals surface area contributed by atoms with E-state index in [9.17, 15) is 4.79 Å². The molecule has 0 aliphatic carbocycles. The minimum atomic E-state index is -0.944. The number of carboxylic acids is 1. The smallest absolute Gasteiger partial charge is 0.332 e. The lowest BCUT2D eigenvalue weighted by molar-refractivity contribution is -0.133. The molecule has 0 aromatic rings. The summed E-state index contributed by atoms with van der Waals surface area (Å²) in [5, 5.41) is 8.39. The molecule has 0 aliphatic rings. The summed E-state index contributed by atoms with van der Waals surface area (Å²) in [4.78, 5) is 10.2. The van der Waals surface area contributed by atoms with E-state index in [-0.39, 0.29) is 11.5 Å². The number of aliphatic carboxylic acids is 1. The molecule has 0 fully saturated rings. The van der Waals surface area contributed by atoms with Crippen molar-refractivity contribution < 1.29 is 9.90 Å². The van der Waals surface area contributed by atoms with Crippen molar-refractivity contribution >= 4 is 17.6 Å². The third-order valence-electron chi connectivity index (χ3n) is 0.987. The van der Waals surface area contributed by atoms with Crippen molar-refractivity contribution in [1.29, 1.82) is 0 Å². The lowest BCUT2D eigenvalue weighted by Crippen LogP contribution is -2.05. The molecule has 0 spiro atoms. The van der Waals surface area contributed by atoms with Gasteiger partial charge >= 0.3 is 5.97 Å². The number of halogens is 1. The summed E-state index contributed by atoms with van der Waals surface area (Å²) >= 11 is 5.21. The summed E-state index contributed by atoms with van der Waals surface area (Å²) in [5.41, 5.74) is 1.35. The fraction of sp³-hybridized carbons (Fsp3) is 0.500. The van der Waals surface area contributed by atoms with E-state index in [0.717, 1.165) is 5.54 Å². The van der Waals surface area contributed by atoms with Crippen LogP contribution in [0.1, 0.15) is 13.8 Å². The summed E-state index contributed by atoms with van der Waals surface area (Å²) in [6.45, 7) is 3.56. The Balaban J connectivity index is 4.19. The second-order valence-electron chi connectivity index (χ2n) is 2.02. The maximum atomic E-state index is 10.2. The Kier molecular flexibility index (Phi) is 3.32. The molecule has 1 N–H and O–H groups in total. The van der Waals surface area contributed by atoms with Gasteiger partial charge in [0.05, 0.1) is 5.57 Å². The van der Waals surface area contributed by atoms with Gasteiger partial charge in [0.1, 0.15) is 0 Å². The molecule has 2 nitrogen and oxygen atoms in total. The molecule has 3 heteroatoms. The largest absolute Gasteiger partial charge is 0.478 e. The predicted molar refractivity (Wildman–Crippen MR) is 36.4 cm³/mol. The van der Waals surface area contributed by atoms with Gasteiger partial charge in [-0.2, -0.15) is 0 Å². The van der Waals surface area contributed by atoms with Crippen LogP contribution in [0.15, 0.2) is 11.1 Å². The highest BCUT2D eigenvalue weighted by atomic mass is 35.5. The van der Waals surface area contributed by atoms with Crippen molar-refractivity contribution in [1.82, 2.24) is 0 Å². The first-order valence-electron chi connectivity index (χ1n) is 2.63. The molecular weight excluding hydrogens is 140 g/mol. The Morgan fingerprint density at radius 3 is 2.11 bits per heavy atom. The van der Waals surface area contributed by atoms with Gasteiger partial charge in [-0.1, -0.05) is 25.4 Å². The maximum absolute atomic E-state index is 10.2. The highest BCUT2D eigenvalue weighted by molar-refractivity contribution is 6.27. The highest BCUT2D eigenvalue weighted by Crippen LogP contribution is 2.09. The molecule has 0 amide bonds. The molecule has 0 aliphatic heterocycles. The van der Waals surface area contributed by atoms with E-state index in [1.807, 2.05) is 0 Å². The average Bonchev–Trinajstić information content (AvgIpc) is 1.64. The molecule has 0 bridgehead atoms. The zero-order valence-electron chi connectivity index (χ0n) is 5.39. The molecular formula is C6H9ClO2. The minimum Gasteiger partial charge on any atom is -0.478 e. The van der Waals surface area contributed by atoms with Crippen LogP contribution in [0.5, 0.6) is 0 Å². The first-order chi connectivity index (χ1) is 4.09. The molecule has 0 heterocycles. The number of hydrogen-bond donors (Lipinski definition) is 1. The van der Waals surface area contributed by atoms with Gasteiger partial charge in [-0.25, -0.2) is 4.79 Å². The van der Waals surface area contributed by atoms with Crippen molar-refractivity contribution in [3.63, 3.8) is 0 Å². The molecule has 0 saturated heterocycles. The number of carboxylic acid groups (broad SMARTS) is 1. The summed E-state index contributed by atoms with van der Waals surface area (Å²) in [5.74, 6) is -0.958. The molecule has 0 aromatic heterocycles. The maximum Gasteiger partial charge on any atom is 0.332 e. The van der Waals surface area contributed by atoms with Crippen LogP contribution in [0.4, 0.5) is 0 Å². The summed E-state index contributed by atoms with van der Waals surface area (Å²) in [7, 11) is 0. The van der Waals surface area contributed by atoms with Crippen LogP contribution in [-0.2, 0) is 4.79 Å². The first-order valence-corrected chi connectivity index (χ1v) is 3.06.